The van der Waals surface area contributed by atoms with Crippen LogP contribution in [0.3, 0.4) is 0 Å². The lowest BCUT2D eigenvalue weighted by Gasteiger charge is -2.43. The van der Waals surface area contributed by atoms with Crippen molar-refractivity contribution in [2.45, 2.75) is 32.6 Å². The average molecular weight is 302 g/mol. The maximum atomic E-state index is 9.21. The molecule has 0 radical (unpaired) electrons. The summed E-state index contributed by atoms with van der Waals surface area (Å²) in [6.07, 6.45) is 5.00. The third kappa shape index (κ3) is 7.06. The van der Waals surface area contributed by atoms with Crippen LogP contribution in [0, 0.1) is 11.3 Å². The first-order chi connectivity index (χ1) is 10.2. The zero-order chi connectivity index (χ0) is 15.6. The quantitative estimate of drug-likeness (QED) is 0.491. The van der Waals surface area contributed by atoms with E-state index in [1.54, 1.807) is 7.11 Å². The van der Waals surface area contributed by atoms with Crippen molar-refractivity contribution in [3.8, 4) is 0 Å². The Hall–Kier alpha value is -0.200. The minimum absolute atomic E-state index is 0.156. The maximum Gasteiger partial charge on any atom is 0.0587 e. The molecule has 0 aromatic rings. The lowest BCUT2D eigenvalue weighted by Crippen LogP contribution is -2.48. The van der Waals surface area contributed by atoms with Crippen LogP contribution in [-0.2, 0) is 4.74 Å². The Morgan fingerprint density at radius 2 is 1.81 bits per heavy atom. The van der Waals surface area contributed by atoms with Gasteiger partial charge in [0.05, 0.1) is 19.8 Å². The summed E-state index contributed by atoms with van der Waals surface area (Å²) < 4.78 is 5.10. The molecule has 0 bridgehead atoms. The van der Waals surface area contributed by atoms with Crippen LogP contribution in [0.25, 0.3) is 0 Å². The van der Waals surface area contributed by atoms with E-state index in [-0.39, 0.29) is 18.6 Å². The first kappa shape index (κ1) is 18.8. The number of aliphatic hydroxyl groups excluding tert-OH is 2. The SMILES string of the molecule is COCCNCC1(CN(CCO)CCO)CCC(C)CC1. The summed E-state index contributed by atoms with van der Waals surface area (Å²) in [6, 6.07) is 0. The molecule has 0 saturated heterocycles. The van der Waals surface area contributed by atoms with Crippen molar-refractivity contribution in [2.75, 3.05) is 59.7 Å². The molecule has 0 aliphatic heterocycles. The van der Waals surface area contributed by atoms with Crippen LogP contribution in [0.15, 0.2) is 0 Å². The van der Waals surface area contributed by atoms with Gasteiger partial charge >= 0.3 is 0 Å². The van der Waals surface area contributed by atoms with Gasteiger partial charge in [-0.1, -0.05) is 19.8 Å². The van der Waals surface area contributed by atoms with Gasteiger partial charge < -0.3 is 20.3 Å². The Balaban J connectivity index is 2.57. The second kappa shape index (κ2) is 10.5. The van der Waals surface area contributed by atoms with Gasteiger partial charge in [-0.3, -0.25) is 4.90 Å². The molecule has 1 aliphatic rings. The lowest BCUT2D eigenvalue weighted by molar-refractivity contribution is 0.0643. The van der Waals surface area contributed by atoms with E-state index in [4.69, 9.17) is 4.74 Å². The highest BCUT2D eigenvalue weighted by molar-refractivity contribution is 4.89. The predicted octanol–water partition coefficient (Wildman–Crippen LogP) is 0.706. The first-order valence-electron chi connectivity index (χ1n) is 8.29. The highest BCUT2D eigenvalue weighted by atomic mass is 16.5. The van der Waals surface area contributed by atoms with Crippen molar-refractivity contribution >= 4 is 0 Å². The standard InChI is InChI=1S/C16H34N2O3/c1-15-3-5-16(6-4-15,13-17-7-12-21-2)14-18(8-10-19)9-11-20/h15,17,19-20H,3-14H2,1-2H3. The van der Waals surface area contributed by atoms with Gasteiger partial charge in [0.1, 0.15) is 0 Å². The van der Waals surface area contributed by atoms with E-state index in [1.807, 2.05) is 0 Å². The van der Waals surface area contributed by atoms with Gasteiger partial charge in [-0.05, 0) is 24.2 Å². The number of nitrogens with zero attached hydrogens (tertiary/aromatic N) is 1. The van der Waals surface area contributed by atoms with E-state index in [0.29, 0.717) is 13.1 Å². The Kier molecular flexibility index (Phi) is 9.44. The van der Waals surface area contributed by atoms with Crippen LogP contribution in [0.2, 0.25) is 0 Å². The minimum atomic E-state index is 0.156. The molecule has 0 aromatic carbocycles. The third-order valence-electron chi connectivity index (χ3n) is 4.71. The number of rotatable bonds is 11. The predicted molar refractivity (Wildman–Crippen MR) is 85.4 cm³/mol. The van der Waals surface area contributed by atoms with Gasteiger partial charge in [0, 0.05) is 39.8 Å². The van der Waals surface area contributed by atoms with Crippen molar-refractivity contribution in [3.63, 3.8) is 0 Å². The van der Waals surface area contributed by atoms with E-state index >= 15 is 0 Å². The molecule has 1 rings (SSSR count). The fraction of sp³-hybridized carbons (Fsp3) is 1.00. The number of ether oxygens (including phenoxy) is 1. The highest BCUT2D eigenvalue weighted by Crippen LogP contribution is 2.39. The van der Waals surface area contributed by atoms with Crippen LogP contribution in [0.5, 0.6) is 0 Å². The van der Waals surface area contributed by atoms with Crippen molar-refractivity contribution in [1.82, 2.24) is 10.2 Å². The van der Waals surface area contributed by atoms with Gasteiger partial charge in [-0.15, -0.1) is 0 Å². The molecule has 21 heavy (non-hydrogen) atoms. The van der Waals surface area contributed by atoms with E-state index in [2.05, 4.69) is 17.1 Å². The number of nitrogens with one attached hydrogen (secondary N) is 1. The molecule has 1 aliphatic carbocycles. The Labute approximate surface area is 129 Å². The molecular formula is C16H34N2O3. The lowest BCUT2D eigenvalue weighted by atomic mass is 9.70. The van der Waals surface area contributed by atoms with Crippen LogP contribution in [0.1, 0.15) is 32.6 Å². The molecule has 0 amide bonds. The first-order valence-corrected chi connectivity index (χ1v) is 8.29. The fourth-order valence-corrected chi connectivity index (χ4v) is 3.32. The van der Waals surface area contributed by atoms with Crippen LogP contribution in [0.4, 0.5) is 0 Å². The minimum Gasteiger partial charge on any atom is -0.395 e. The summed E-state index contributed by atoms with van der Waals surface area (Å²) in [4.78, 5) is 2.20. The van der Waals surface area contributed by atoms with Crippen molar-refractivity contribution < 1.29 is 14.9 Å². The van der Waals surface area contributed by atoms with Crippen LogP contribution >= 0.6 is 0 Å². The number of hydrogen-bond donors (Lipinski definition) is 3. The largest absolute Gasteiger partial charge is 0.395 e. The third-order valence-corrected chi connectivity index (χ3v) is 4.71. The van der Waals surface area contributed by atoms with E-state index < -0.39 is 0 Å². The second-order valence-electron chi connectivity index (χ2n) is 6.58. The van der Waals surface area contributed by atoms with E-state index in [1.165, 1.54) is 25.7 Å². The van der Waals surface area contributed by atoms with Crippen LogP contribution in [-0.4, -0.2) is 74.8 Å². The Morgan fingerprint density at radius 3 is 2.33 bits per heavy atom. The zero-order valence-corrected chi connectivity index (χ0v) is 13.8. The van der Waals surface area contributed by atoms with E-state index in [9.17, 15) is 10.2 Å². The molecule has 0 heterocycles. The fourth-order valence-electron chi connectivity index (χ4n) is 3.32. The van der Waals surface area contributed by atoms with Crippen molar-refractivity contribution in [1.29, 1.82) is 0 Å². The van der Waals surface area contributed by atoms with Gasteiger partial charge in [-0.2, -0.15) is 0 Å². The van der Waals surface area contributed by atoms with Crippen molar-refractivity contribution in [3.05, 3.63) is 0 Å². The summed E-state index contributed by atoms with van der Waals surface area (Å²) in [7, 11) is 1.73. The summed E-state index contributed by atoms with van der Waals surface area (Å²) in [5.41, 5.74) is 0.268. The molecule has 0 aromatic heterocycles. The molecule has 126 valence electrons. The topological polar surface area (TPSA) is 65.0 Å². The molecular weight excluding hydrogens is 268 g/mol. The number of aliphatic hydroxyl groups is 2. The molecule has 0 unspecified atom stereocenters. The zero-order valence-electron chi connectivity index (χ0n) is 13.8. The molecule has 1 saturated carbocycles. The van der Waals surface area contributed by atoms with Gasteiger partial charge in [0.15, 0.2) is 0 Å². The monoisotopic (exact) mass is 302 g/mol. The van der Waals surface area contributed by atoms with Gasteiger partial charge in [0.25, 0.3) is 0 Å². The summed E-state index contributed by atoms with van der Waals surface area (Å²) in [5.74, 6) is 0.821. The van der Waals surface area contributed by atoms with Gasteiger partial charge in [-0.25, -0.2) is 0 Å². The Morgan fingerprint density at radius 1 is 1.19 bits per heavy atom. The molecule has 5 nitrogen and oxygen atoms in total. The number of methoxy groups -OCH3 is 1. The van der Waals surface area contributed by atoms with Crippen LogP contribution < -0.4 is 5.32 Å². The molecule has 5 heteroatoms. The molecule has 0 spiro atoms. The summed E-state index contributed by atoms with van der Waals surface area (Å²) in [5, 5.41) is 21.9. The molecule has 0 atom stereocenters. The van der Waals surface area contributed by atoms with E-state index in [0.717, 1.165) is 32.2 Å². The summed E-state index contributed by atoms with van der Waals surface area (Å²) >= 11 is 0. The maximum absolute atomic E-state index is 9.21. The normalized spacial score (nSPS) is 26.4. The second-order valence-corrected chi connectivity index (χ2v) is 6.58. The van der Waals surface area contributed by atoms with Gasteiger partial charge in [0.2, 0.25) is 0 Å². The Bertz CT molecular complexity index is 250. The summed E-state index contributed by atoms with van der Waals surface area (Å²) in [6.45, 7) is 7.52. The smallest absolute Gasteiger partial charge is 0.0587 e. The average Bonchev–Trinajstić information content (AvgIpc) is 2.47. The molecule has 1 fully saturated rings. The van der Waals surface area contributed by atoms with Crippen molar-refractivity contribution in [2.24, 2.45) is 11.3 Å². The highest BCUT2D eigenvalue weighted by Gasteiger charge is 2.35. The number of hydrogen-bond acceptors (Lipinski definition) is 5. The molecule has 3 N–H and O–H groups in total.